The lowest BCUT2D eigenvalue weighted by Gasteiger charge is -2.26. The largest absolute Gasteiger partial charge is 0.355 e. The summed E-state index contributed by atoms with van der Waals surface area (Å²) < 4.78 is 0. The number of carbonyl (C=O) groups is 2. The minimum Gasteiger partial charge on any atom is -0.355 e. The van der Waals surface area contributed by atoms with Crippen LogP contribution in [-0.2, 0) is 9.59 Å². The number of benzene rings is 1. The molecule has 0 bridgehead atoms. The van der Waals surface area contributed by atoms with Gasteiger partial charge >= 0.3 is 0 Å². The predicted octanol–water partition coefficient (Wildman–Crippen LogP) is 1.78. The van der Waals surface area contributed by atoms with Crippen molar-refractivity contribution in [1.82, 2.24) is 10.2 Å². The molecule has 0 fully saturated rings. The second kappa shape index (κ2) is 8.42. The first-order chi connectivity index (χ1) is 9.97. The summed E-state index contributed by atoms with van der Waals surface area (Å²) >= 11 is 0. The number of nitrogens with zero attached hydrogens (tertiary/aromatic N) is 1. The van der Waals surface area contributed by atoms with E-state index in [1.54, 1.807) is 0 Å². The maximum absolute atomic E-state index is 12.3. The lowest BCUT2D eigenvalue weighted by molar-refractivity contribution is -0.125. The van der Waals surface area contributed by atoms with Crippen LogP contribution in [0.2, 0.25) is 0 Å². The summed E-state index contributed by atoms with van der Waals surface area (Å²) in [5, 5.41) is 5.64. The fourth-order valence-corrected chi connectivity index (χ4v) is 2.10. The van der Waals surface area contributed by atoms with Gasteiger partial charge in [-0.2, -0.15) is 0 Å². The molecule has 0 unspecified atom stereocenters. The molecule has 1 atom stereocenters. The molecule has 5 heteroatoms. The number of anilines is 1. The van der Waals surface area contributed by atoms with Gasteiger partial charge in [0.25, 0.3) is 0 Å². The molecule has 0 aliphatic rings. The number of rotatable bonds is 7. The molecule has 0 spiro atoms. The maximum atomic E-state index is 12.3. The monoisotopic (exact) mass is 291 g/mol. The molecule has 1 rings (SSSR count). The molecule has 5 nitrogen and oxygen atoms in total. The van der Waals surface area contributed by atoms with E-state index >= 15 is 0 Å². The average Bonchev–Trinajstić information content (AvgIpc) is 2.44. The van der Waals surface area contributed by atoms with Crippen molar-refractivity contribution < 1.29 is 9.59 Å². The Kier molecular flexibility index (Phi) is 6.88. The summed E-state index contributed by atoms with van der Waals surface area (Å²) in [7, 11) is 0. The van der Waals surface area contributed by atoms with Crippen LogP contribution in [0.1, 0.15) is 26.3 Å². The van der Waals surface area contributed by atoms with Gasteiger partial charge in [0.1, 0.15) is 0 Å². The molecule has 21 heavy (non-hydrogen) atoms. The Labute approximate surface area is 126 Å². The van der Waals surface area contributed by atoms with E-state index in [2.05, 4.69) is 10.6 Å². The highest BCUT2D eigenvalue weighted by atomic mass is 16.2. The minimum atomic E-state index is -0.363. The predicted molar refractivity (Wildman–Crippen MR) is 85.2 cm³/mol. The molecule has 1 aromatic rings. The molecular weight excluding hydrogens is 266 g/mol. The average molecular weight is 291 g/mol. The lowest BCUT2D eigenvalue weighted by atomic mass is 10.2. The van der Waals surface area contributed by atoms with Gasteiger partial charge in [-0.1, -0.05) is 19.1 Å². The van der Waals surface area contributed by atoms with Crippen molar-refractivity contribution in [1.29, 1.82) is 0 Å². The van der Waals surface area contributed by atoms with Gasteiger partial charge in [-0.15, -0.1) is 0 Å². The van der Waals surface area contributed by atoms with Crippen LogP contribution >= 0.6 is 0 Å². The Morgan fingerprint density at radius 3 is 2.57 bits per heavy atom. The first-order valence-corrected chi connectivity index (χ1v) is 7.36. The summed E-state index contributed by atoms with van der Waals surface area (Å²) in [4.78, 5) is 25.8. The number of amides is 2. The van der Waals surface area contributed by atoms with Crippen molar-refractivity contribution >= 4 is 17.5 Å². The molecule has 0 heterocycles. The summed E-state index contributed by atoms with van der Waals surface area (Å²) in [5.41, 5.74) is 1.87. The van der Waals surface area contributed by atoms with Gasteiger partial charge in [-0.05, 0) is 45.0 Å². The summed E-state index contributed by atoms with van der Waals surface area (Å²) in [5.74, 6) is -0.165. The van der Waals surface area contributed by atoms with Crippen LogP contribution < -0.4 is 10.6 Å². The van der Waals surface area contributed by atoms with Crippen molar-refractivity contribution in [2.75, 3.05) is 25.0 Å². The van der Waals surface area contributed by atoms with Gasteiger partial charge in [-0.25, -0.2) is 0 Å². The van der Waals surface area contributed by atoms with Crippen LogP contribution in [0.15, 0.2) is 24.3 Å². The van der Waals surface area contributed by atoms with Gasteiger partial charge in [0.2, 0.25) is 11.8 Å². The normalized spacial score (nSPS) is 12.0. The number of likely N-dealkylation sites (N-methyl/N-ethyl adjacent to an activating group) is 2. The van der Waals surface area contributed by atoms with Crippen LogP contribution in [-0.4, -0.2) is 42.4 Å². The Balaban J connectivity index is 2.64. The van der Waals surface area contributed by atoms with Crippen molar-refractivity contribution in [3.05, 3.63) is 29.8 Å². The number of hydrogen-bond acceptors (Lipinski definition) is 3. The van der Waals surface area contributed by atoms with Crippen molar-refractivity contribution in [2.24, 2.45) is 0 Å². The first-order valence-electron chi connectivity index (χ1n) is 7.36. The summed E-state index contributed by atoms with van der Waals surface area (Å²) in [6, 6.07) is 7.30. The van der Waals surface area contributed by atoms with Gasteiger partial charge in [0.05, 0.1) is 12.6 Å². The lowest BCUT2D eigenvalue weighted by Crippen LogP contribution is -2.46. The Bertz CT molecular complexity index is 488. The SMILES string of the molecule is CCNC(=O)CN(CC)[C@@H](C)C(=O)Nc1cccc(C)c1. The highest BCUT2D eigenvalue weighted by molar-refractivity contribution is 5.95. The van der Waals surface area contributed by atoms with E-state index in [0.717, 1.165) is 11.3 Å². The third kappa shape index (κ3) is 5.55. The molecule has 0 aliphatic carbocycles. The fraction of sp³-hybridized carbons (Fsp3) is 0.500. The molecule has 116 valence electrons. The second-order valence-corrected chi connectivity index (χ2v) is 5.05. The third-order valence-electron chi connectivity index (χ3n) is 3.34. The Morgan fingerprint density at radius 1 is 1.29 bits per heavy atom. The zero-order chi connectivity index (χ0) is 15.8. The number of aryl methyl sites for hydroxylation is 1. The smallest absolute Gasteiger partial charge is 0.241 e. The van der Waals surface area contributed by atoms with Gasteiger partial charge in [-0.3, -0.25) is 14.5 Å². The number of carbonyl (C=O) groups excluding carboxylic acids is 2. The topological polar surface area (TPSA) is 61.4 Å². The van der Waals surface area contributed by atoms with Crippen LogP contribution in [0.5, 0.6) is 0 Å². The van der Waals surface area contributed by atoms with Gasteiger partial charge < -0.3 is 10.6 Å². The van der Waals surface area contributed by atoms with Crippen molar-refractivity contribution in [3.63, 3.8) is 0 Å². The molecule has 0 saturated heterocycles. The summed E-state index contributed by atoms with van der Waals surface area (Å²) in [6.07, 6.45) is 0. The molecule has 2 amide bonds. The zero-order valence-corrected chi connectivity index (χ0v) is 13.3. The third-order valence-corrected chi connectivity index (χ3v) is 3.34. The van der Waals surface area contributed by atoms with Crippen molar-refractivity contribution in [2.45, 2.75) is 33.7 Å². The molecule has 0 aromatic heterocycles. The highest BCUT2D eigenvalue weighted by Gasteiger charge is 2.22. The number of hydrogen-bond donors (Lipinski definition) is 2. The van der Waals surface area contributed by atoms with Crippen LogP contribution in [0.25, 0.3) is 0 Å². The Morgan fingerprint density at radius 2 is 2.00 bits per heavy atom. The van der Waals surface area contributed by atoms with E-state index in [9.17, 15) is 9.59 Å². The standard InChI is InChI=1S/C16H25N3O2/c1-5-17-15(20)11-19(6-2)13(4)16(21)18-14-9-7-8-12(3)10-14/h7-10,13H,5-6,11H2,1-4H3,(H,17,20)(H,18,21)/t13-/m0/s1. The fourth-order valence-electron chi connectivity index (χ4n) is 2.10. The van der Waals surface area contributed by atoms with E-state index in [-0.39, 0.29) is 24.4 Å². The molecule has 1 aromatic carbocycles. The van der Waals surface area contributed by atoms with Gasteiger partial charge in [0.15, 0.2) is 0 Å². The van der Waals surface area contributed by atoms with E-state index in [4.69, 9.17) is 0 Å². The zero-order valence-electron chi connectivity index (χ0n) is 13.3. The molecule has 0 aliphatic heterocycles. The van der Waals surface area contributed by atoms with Crippen LogP contribution in [0.4, 0.5) is 5.69 Å². The molecule has 2 N–H and O–H groups in total. The first kappa shape index (κ1) is 17.2. The molecule has 0 radical (unpaired) electrons. The summed E-state index contributed by atoms with van der Waals surface area (Å²) in [6.45, 7) is 9.07. The minimum absolute atomic E-state index is 0.0606. The molecule has 0 saturated carbocycles. The quantitative estimate of drug-likeness (QED) is 0.805. The van der Waals surface area contributed by atoms with Crippen molar-refractivity contribution in [3.8, 4) is 0 Å². The number of nitrogens with one attached hydrogen (secondary N) is 2. The van der Waals surface area contributed by atoms with Crippen LogP contribution in [0, 0.1) is 6.92 Å². The van der Waals surface area contributed by atoms with E-state index in [0.29, 0.717) is 13.1 Å². The maximum Gasteiger partial charge on any atom is 0.241 e. The van der Waals surface area contributed by atoms with E-state index in [1.807, 2.05) is 56.9 Å². The van der Waals surface area contributed by atoms with Crippen LogP contribution in [0.3, 0.4) is 0 Å². The molecular formula is C16H25N3O2. The van der Waals surface area contributed by atoms with E-state index in [1.165, 1.54) is 0 Å². The highest BCUT2D eigenvalue weighted by Crippen LogP contribution is 2.11. The second-order valence-electron chi connectivity index (χ2n) is 5.05. The van der Waals surface area contributed by atoms with E-state index < -0.39 is 0 Å². The Hall–Kier alpha value is -1.88. The van der Waals surface area contributed by atoms with Gasteiger partial charge in [0, 0.05) is 12.2 Å².